The average Bonchev–Trinajstić information content (AvgIpc) is 3.04. The van der Waals surface area contributed by atoms with E-state index in [0.29, 0.717) is 0 Å². The number of aromatic nitrogens is 1. The van der Waals surface area contributed by atoms with Crippen LogP contribution in [0.4, 0.5) is 0 Å². The van der Waals surface area contributed by atoms with E-state index in [1.54, 1.807) is 11.3 Å². The highest BCUT2D eigenvalue weighted by Gasteiger charge is 2.34. The van der Waals surface area contributed by atoms with Crippen LogP contribution in [0.15, 0.2) is 5.38 Å². The van der Waals surface area contributed by atoms with Gasteiger partial charge in [-0.1, -0.05) is 6.42 Å². The summed E-state index contributed by atoms with van der Waals surface area (Å²) in [6.07, 6.45) is 7.14. The van der Waals surface area contributed by atoms with Crippen molar-refractivity contribution in [3.8, 4) is 0 Å². The third-order valence-electron chi connectivity index (χ3n) is 4.84. The highest BCUT2D eigenvalue weighted by Crippen LogP contribution is 2.37. The molecule has 1 saturated carbocycles. The minimum absolute atomic E-state index is 0.162. The first-order chi connectivity index (χ1) is 10.0. The normalized spacial score (nSPS) is 27.0. The van der Waals surface area contributed by atoms with E-state index in [2.05, 4.69) is 36.4 Å². The zero-order valence-corrected chi connectivity index (χ0v) is 14.5. The summed E-state index contributed by atoms with van der Waals surface area (Å²) in [5.74, 6) is 0.972. The molecule has 0 amide bonds. The van der Waals surface area contributed by atoms with Crippen molar-refractivity contribution in [1.82, 2.24) is 15.2 Å². The first kappa shape index (κ1) is 15.4. The van der Waals surface area contributed by atoms with E-state index < -0.39 is 0 Å². The van der Waals surface area contributed by atoms with Crippen LogP contribution in [-0.4, -0.2) is 28.0 Å². The van der Waals surface area contributed by atoms with Gasteiger partial charge in [0.25, 0.3) is 0 Å². The van der Waals surface area contributed by atoms with Gasteiger partial charge in [-0.3, -0.25) is 4.90 Å². The lowest BCUT2D eigenvalue weighted by Gasteiger charge is -2.37. The minimum atomic E-state index is 0.162. The summed E-state index contributed by atoms with van der Waals surface area (Å²) >= 11 is 1.80. The fraction of sp³-hybridized carbons (Fsp3) is 0.824. The molecule has 2 unspecified atom stereocenters. The van der Waals surface area contributed by atoms with Gasteiger partial charge in [0.2, 0.25) is 0 Å². The molecular weight excluding hydrogens is 278 g/mol. The Hall–Kier alpha value is -0.450. The van der Waals surface area contributed by atoms with Crippen LogP contribution < -0.4 is 5.32 Å². The van der Waals surface area contributed by atoms with E-state index in [0.717, 1.165) is 25.0 Å². The van der Waals surface area contributed by atoms with Gasteiger partial charge >= 0.3 is 0 Å². The molecule has 2 heterocycles. The van der Waals surface area contributed by atoms with Gasteiger partial charge in [-0.2, -0.15) is 0 Å². The SMILES string of the molecule is CC(C)(C)NCc1nc(CN2CCCC3CCCC32)cs1. The maximum Gasteiger partial charge on any atom is 0.107 e. The summed E-state index contributed by atoms with van der Waals surface area (Å²) in [4.78, 5) is 7.54. The van der Waals surface area contributed by atoms with Crippen molar-refractivity contribution in [3.63, 3.8) is 0 Å². The van der Waals surface area contributed by atoms with Gasteiger partial charge in [0.1, 0.15) is 5.01 Å². The van der Waals surface area contributed by atoms with Crippen molar-refractivity contribution in [2.45, 2.75) is 77.5 Å². The van der Waals surface area contributed by atoms with E-state index >= 15 is 0 Å². The predicted octanol–water partition coefficient (Wildman–Crippen LogP) is 3.80. The van der Waals surface area contributed by atoms with Crippen LogP contribution in [-0.2, 0) is 13.1 Å². The van der Waals surface area contributed by atoms with Gasteiger partial charge in [-0.15, -0.1) is 11.3 Å². The highest BCUT2D eigenvalue weighted by molar-refractivity contribution is 7.09. The molecule has 1 saturated heterocycles. The van der Waals surface area contributed by atoms with Crippen molar-refractivity contribution in [2.24, 2.45) is 5.92 Å². The Bertz CT molecular complexity index is 463. The van der Waals surface area contributed by atoms with Gasteiger partial charge in [0, 0.05) is 30.1 Å². The third kappa shape index (κ3) is 4.05. The number of piperidine rings is 1. The molecule has 0 spiro atoms. The Balaban J connectivity index is 1.56. The molecule has 1 aromatic rings. The second-order valence-corrected chi connectivity index (χ2v) is 8.65. The van der Waals surface area contributed by atoms with Gasteiger partial charge in [0.15, 0.2) is 0 Å². The number of fused-ring (bicyclic) bond motifs is 1. The van der Waals surface area contributed by atoms with Crippen LogP contribution in [0, 0.1) is 5.92 Å². The molecule has 3 nitrogen and oxygen atoms in total. The molecule has 3 rings (SSSR count). The third-order valence-corrected chi connectivity index (χ3v) is 5.74. The Labute approximate surface area is 133 Å². The van der Waals surface area contributed by atoms with Gasteiger partial charge in [0.05, 0.1) is 5.69 Å². The Kier molecular flexibility index (Phi) is 4.67. The van der Waals surface area contributed by atoms with Crippen molar-refractivity contribution >= 4 is 11.3 Å². The molecule has 2 atom stereocenters. The maximum atomic E-state index is 4.84. The molecule has 4 heteroatoms. The second-order valence-electron chi connectivity index (χ2n) is 7.71. The molecule has 118 valence electrons. The molecule has 0 radical (unpaired) electrons. The molecule has 1 aliphatic heterocycles. The smallest absolute Gasteiger partial charge is 0.107 e. The summed E-state index contributed by atoms with van der Waals surface area (Å²) in [7, 11) is 0. The lowest BCUT2D eigenvalue weighted by Crippen LogP contribution is -2.41. The molecule has 1 aromatic heterocycles. The molecule has 21 heavy (non-hydrogen) atoms. The van der Waals surface area contributed by atoms with E-state index in [1.165, 1.54) is 49.4 Å². The van der Waals surface area contributed by atoms with Crippen LogP contribution in [0.25, 0.3) is 0 Å². The quantitative estimate of drug-likeness (QED) is 0.917. The molecule has 1 N–H and O–H groups in total. The largest absolute Gasteiger partial charge is 0.306 e. The van der Waals surface area contributed by atoms with E-state index in [-0.39, 0.29) is 5.54 Å². The Morgan fingerprint density at radius 1 is 1.29 bits per heavy atom. The van der Waals surface area contributed by atoms with Gasteiger partial charge in [-0.05, 0) is 58.9 Å². The summed E-state index contributed by atoms with van der Waals surface area (Å²) in [6, 6.07) is 0.844. The maximum absolute atomic E-state index is 4.84. The van der Waals surface area contributed by atoms with E-state index in [4.69, 9.17) is 4.98 Å². The van der Waals surface area contributed by atoms with Crippen LogP contribution in [0.3, 0.4) is 0 Å². The number of likely N-dealkylation sites (tertiary alicyclic amines) is 1. The molecule has 0 bridgehead atoms. The van der Waals surface area contributed by atoms with Crippen molar-refractivity contribution in [2.75, 3.05) is 6.54 Å². The molecule has 2 fully saturated rings. The zero-order chi connectivity index (χ0) is 14.9. The van der Waals surface area contributed by atoms with Crippen LogP contribution >= 0.6 is 11.3 Å². The van der Waals surface area contributed by atoms with Gasteiger partial charge in [-0.25, -0.2) is 4.98 Å². The van der Waals surface area contributed by atoms with Crippen molar-refractivity contribution < 1.29 is 0 Å². The lowest BCUT2D eigenvalue weighted by atomic mass is 9.92. The first-order valence-electron chi connectivity index (χ1n) is 8.44. The fourth-order valence-corrected chi connectivity index (χ4v) is 4.53. The lowest BCUT2D eigenvalue weighted by molar-refractivity contribution is 0.104. The number of nitrogens with zero attached hydrogens (tertiary/aromatic N) is 2. The Morgan fingerprint density at radius 3 is 2.90 bits per heavy atom. The molecule has 0 aromatic carbocycles. The molecular formula is C17H29N3S. The second kappa shape index (κ2) is 6.35. The van der Waals surface area contributed by atoms with Crippen molar-refractivity contribution in [3.05, 3.63) is 16.1 Å². The highest BCUT2D eigenvalue weighted by atomic mass is 32.1. The summed E-state index contributed by atoms with van der Waals surface area (Å²) in [6.45, 7) is 9.84. The number of rotatable bonds is 4. The summed E-state index contributed by atoms with van der Waals surface area (Å²) in [5, 5.41) is 7.01. The zero-order valence-electron chi connectivity index (χ0n) is 13.7. The summed E-state index contributed by atoms with van der Waals surface area (Å²) < 4.78 is 0. The number of hydrogen-bond donors (Lipinski definition) is 1. The van der Waals surface area contributed by atoms with E-state index in [9.17, 15) is 0 Å². The summed E-state index contributed by atoms with van der Waals surface area (Å²) in [5.41, 5.74) is 1.44. The fourth-order valence-electron chi connectivity index (χ4n) is 3.80. The molecule has 2 aliphatic rings. The number of hydrogen-bond acceptors (Lipinski definition) is 4. The predicted molar refractivity (Wildman–Crippen MR) is 89.5 cm³/mol. The standard InChI is InChI=1S/C17H29N3S/c1-17(2,3)18-10-16-19-14(12-21-16)11-20-9-5-7-13-6-4-8-15(13)20/h12-13,15,18H,4-11H2,1-3H3. The van der Waals surface area contributed by atoms with Crippen LogP contribution in [0.2, 0.25) is 0 Å². The first-order valence-corrected chi connectivity index (χ1v) is 9.31. The van der Waals surface area contributed by atoms with Crippen LogP contribution in [0.5, 0.6) is 0 Å². The Morgan fingerprint density at radius 2 is 2.10 bits per heavy atom. The number of nitrogens with one attached hydrogen (secondary N) is 1. The van der Waals surface area contributed by atoms with E-state index in [1.807, 2.05) is 0 Å². The van der Waals surface area contributed by atoms with Crippen molar-refractivity contribution in [1.29, 1.82) is 0 Å². The molecule has 1 aliphatic carbocycles. The topological polar surface area (TPSA) is 28.2 Å². The average molecular weight is 308 g/mol. The monoisotopic (exact) mass is 307 g/mol. The van der Waals surface area contributed by atoms with Gasteiger partial charge < -0.3 is 5.32 Å². The number of thiazole rings is 1. The van der Waals surface area contributed by atoms with Crippen LogP contribution in [0.1, 0.15) is 63.6 Å². The minimum Gasteiger partial charge on any atom is -0.306 e.